The molecule has 0 aliphatic carbocycles. The fourth-order valence-electron chi connectivity index (χ4n) is 3.98. The van der Waals surface area contributed by atoms with Crippen molar-refractivity contribution in [2.75, 3.05) is 0 Å². The van der Waals surface area contributed by atoms with Crippen molar-refractivity contribution < 1.29 is 44.2 Å². The van der Waals surface area contributed by atoms with Gasteiger partial charge in [0.05, 0.1) is 17.6 Å². The van der Waals surface area contributed by atoms with Gasteiger partial charge in [-0.2, -0.15) is 13.2 Å². The number of halogens is 7. The van der Waals surface area contributed by atoms with E-state index in [2.05, 4.69) is 20.0 Å². The molecule has 5 aromatic rings. The number of hydrogen-bond acceptors (Lipinski definition) is 6. The summed E-state index contributed by atoms with van der Waals surface area (Å²) in [5.74, 6) is -1.53. The predicted octanol–water partition coefficient (Wildman–Crippen LogP) is 6.08. The molecule has 0 spiro atoms. The van der Waals surface area contributed by atoms with E-state index in [9.17, 15) is 35.1 Å². The quantitative estimate of drug-likeness (QED) is 0.174. The van der Waals surface area contributed by atoms with Gasteiger partial charge in [-0.3, -0.25) is 4.21 Å². The van der Waals surface area contributed by atoms with Crippen LogP contribution in [-0.4, -0.2) is 39.7 Å². The second kappa shape index (κ2) is 10.4. The molecule has 0 N–H and O–H groups in total. The topological polar surface area (TPSA) is 97.9 Å². The van der Waals surface area contributed by atoms with E-state index in [-0.39, 0.29) is 33.0 Å². The number of imidazole rings is 1. The van der Waals surface area contributed by atoms with E-state index in [1.807, 2.05) is 0 Å². The van der Waals surface area contributed by atoms with E-state index >= 15 is 4.39 Å². The first-order chi connectivity index (χ1) is 19.3. The first kappa shape index (κ1) is 28.0. The number of benzene rings is 3. The Labute approximate surface area is 227 Å². The van der Waals surface area contributed by atoms with Gasteiger partial charge in [0.25, 0.3) is 0 Å². The lowest BCUT2D eigenvalue weighted by Gasteiger charge is -2.16. The molecular weight excluding hydrogens is 583 g/mol. The summed E-state index contributed by atoms with van der Waals surface area (Å²) < 4.78 is 122. The highest BCUT2D eigenvalue weighted by Crippen LogP contribution is 2.35. The molecule has 0 saturated heterocycles. The third kappa shape index (κ3) is 5.97. The fourth-order valence-corrected chi connectivity index (χ4v) is 4.39. The molecular formula is C25H13F7N5O3S-. The zero-order valence-corrected chi connectivity index (χ0v) is 20.8. The molecule has 212 valence electrons. The Kier molecular flexibility index (Phi) is 7.12. The van der Waals surface area contributed by atoms with Gasteiger partial charge in [-0.1, -0.05) is 17.3 Å². The molecule has 41 heavy (non-hydrogen) atoms. The van der Waals surface area contributed by atoms with Crippen LogP contribution in [0.5, 0.6) is 5.75 Å². The SMILES string of the molecule is O=S([O-])c1cccc(-c2cc(F)c(-n3cnc(C(F)(F)F)c3)c(-n3nncc3-c3ccc(OC(F)(F)F)cc3)c2)c1. The predicted molar refractivity (Wildman–Crippen MR) is 128 cm³/mol. The van der Waals surface area contributed by atoms with Crippen LogP contribution in [0.15, 0.2) is 84.3 Å². The lowest BCUT2D eigenvalue weighted by atomic mass is 10.0. The number of ether oxygens (including phenoxy) is 1. The lowest BCUT2D eigenvalue weighted by Crippen LogP contribution is -2.17. The average molecular weight is 596 g/mol. The van der Waals surface area contributed by atoms with E-state index < -0.39 is 46.6 Å². The summed E-state index contributed by atoms with van der Waals surface area (Å²) in [5.41, 5.74) is -1.06. The highest BCUT2D eigenvalue weighted by molar-refractivity contribution is 7.79. The van der Waals surface area contributed by atoms with Crippen molar-refractivity contribution in [1.29, 1.82) is 0 Å². The Bertz CT molecular complexity index is 1750. The van der Waals surface area contributed by atoms with Gasteiger partial charge < -0.3 is 13.9 Å². The second-order valence-electron chi connectivity index (χ2n) is 8.36. The molecule has 0 bridgehead atoms. The number of nitrogens with zero attached hydrogens (tertiary/aromatic N) is 5. The molecule has 3 aromatic carbocycles. The van der Waals surface area contributed by atoms with Gasteiger partial charge in [0.1, 0.15) is 23.6 Å². The molecule has 0 aliphatic rings. The molecule has 0 fully saturated rings. The number of aromatic nitrogens is 5. The minimum atomic E-state index is -4.92. The van der Waals surface area contributed by atoms with E-state index in [0.29, 0.717) is 6.20 Å². The number of alkyl halides is 6. The van der Waals surface area contributed by atoms with Gasteiger partial charge in [-0.05, 0) is 70.7 Å². The molecule has 1 atom stereocenters. The van der Waals surface area contributed by atoms with E-state index in [1.54, 1.807) is 0 Å². The number of hydrogen-bond donors (Lipinski definition) is 0. The molecule has 5 rings (SSSR count). The van der Waals surface area contributed by atoms with Crippen molar-refractivity contribution in [3.05, 3.63) is 90.9 Å². The normalized spacial score (nSPS) is 12.9. The highest BCUT2D eigenvalue weighted by atomic mass is 32.2. The zero-order chi connectivity index (χ0) is 29.5. The maximum atomic E-state index is 15.7. The summed E-state index contributed by atoms with van der Waals surface area (Å²) in [5, 5.41) is 7.74. The second-order valence-corrected chi connectivity index (χ2v) is 9.30. The molecule has 0 amide bonds. The third-order valence-electron chi connectivity index (χ3n) is 5.70. The van der Waals surface area contributed by atoms with Crippen molar-refractivity contribution in [2.45, 2.75) is 17.4 Å². The van der Waals surface area contributed by atoms with Crippen molar-refractivity contribution >= 4 is 11.1 Å². The van der Waals surface area contributed by atoms with Gasteiger partial charge in [-0.15, -0.1) is 18.3 Å². The van der Waals surface area contributed by atoms with E-state index in [4.69, 9.17) is 0 Å². The molecule has 8 nitrogen and oxygen atoms in total. The van der Waals surface area contributed by atoms with Gasteiger partial charge >= 0.3 is 12.5 Å². The summed E-state index contributed by atoms with van der Waals surface area (Å²) in [6.45, 7) is 0. The first-order valence-electron chi connectivity index (χ1n) is 11.2. The van der Waals surface area contributed by atoms with Crippen LogP contribution in [0.2, 0.25) is 0 Å². The van der Waals surface area contributed by atoms with Crippen LogP contribution in [-0.2, 0) is 17.3 Å². The van der Waals surface area contributed by atoms with E-state index in [1.165, 1.54) is 48.7 Å². The van der Waals surface area contributed by atoms with Crippen LogP contribution in [0.3, 0.4) is 0 Å². The van der Waals surface area contributed by atoms with Crippen LogP contribution in [0.4, 0.5) is 30.7 Å². The standard InChI is InChI=1S/C25H14F7N5O3S/c26-19-9-16(15-2-1-3-18(8-15)41(38)39)10-20(23(19)36-12-22(33-13-36)24(27,28)29)37-21(11-34-35-37)14-4-6-17(7-5-14)40-25(30,31)32/h1-13H,(H,38,39)/p-1. The zero-order valence-electron chi connectivity index (χ0n) is 20.0. The fraction of sp³-hybridized carbons (Fsp3) is 0.0800. The van der Waals surface area contributed by atoms with Crippen molar-refractivity contribution in [2.24, 2.45) is 0 Å². The van der Waals surface area contributed by atoms with E-state index in [0.717, 1.165) is 33.8 Å². The minimum absolute atomic E-state index is 0.0967. The summed E-state index contributed by atoms with van der Waals surface area (Å²) in [7, 11) is 0. The van der Waals surface area contributed by atoms with Crippen molar-refractivity contribution in [3.8, 4) is 39.5 Å². The van der Waals surface area contributed by atoms with Crippen LogP contribution in [0.1, 0.15) is 5.69 Å². The van der Waals surface area contributed by atoms with Crippen molar-refractivity contribution in [3.63, 3.8) is 0 Å². The summed E-state index contributed by atoms with van der Waals surface area (Å²) >= 11 is -2.60. The summed E-state index contributed by atoms with van der Waals surface area (Å²) in [6.07, 6.45) is -7.21. The monoisotopic (exact) mass is 596 g/mol. The Hall–Kier alpha value is -4.57. The number of rotatable bonds is 6. The van der Waals surface area contributed by atoms with Gasteiger partial charge in [-0.25, -0.2) is 14.1 Å². The maximum Gasteiger partial charge on any atom is 0.573 e. The Balaban J connectivity index is 1.69. The molecule has 0 radical (unpaired) electrons. The molecule has 16 heteroatoms. The lowest BCUT2D eigenvalue weighted by molar-refractivity contribution is -0.274. The molecule has 1 unspecified atom stereocenters. The smallest absolute Gasteiger partial charge is 0.573 e. The van der Waals surface area contributed by atoms with Gasteiger partial charge in [0.2, 0.25) is 0 Å². The summed E-state index contributed by atoms with van der Waals surface area (Å²) in [4.78, 5) is 3.21. The highest BCUT2D eigenvalue weighted by Gasteiger charge is 2.34. The minimum Gasteiger partial charge on any atom is -0.768 e. The van der Waals surface area contributed by atoms with Crippen LogP contribution in [0.25, 0.3) is 33.8 Å². The van der Waals surface area contributed by atoms with Gasteiger partial charge in [0.15, 0.2) is 5.69 Å². The Morgan fingerprint density at radius 3 is 2.27 bits per heavy atom. The molecule has 0 aliphatic heterocycles. The summed E-state index contributed by atoms with van der Waals surface area (Å²) in [6, 6.07) is 12.4. The van der Waals surface area contributed by atoms with Crippen LogP contribution < -0.4 is 4.74 Å². The third-order valence-corrected chi connectivity index (χ3v) is 6.33. The molecule has 0 saturated carbocycles. The Morgan fingerprint density at radius 2 is 1.63 bits per heavy atom. The largest absolute Gasteiger partial charge is 0.768 e. The Morgan fingerprint density at radius 1 is 0.902 bits per heavy atom. The van der Waals surface area contributed by atoms with Gasteiger partial charge in [0, 0.05) is 16.7 Å². The van der Waals surface area contributed by atoms with Crippen LogP contribution in [0, 0.1) is 5.82 Å². The van der Waals surface area contributed by atoms with Crippen LogP contribution >= 0.6 is 0 Å². The molecule has 2 heterocycles. The maximum absolute atomic E-state index is 15.7. The average Bonchev–Trinajstić information content (AvgIpc) is 3.58. The van der Waals surface area contributed by atoms with Crippen molar-refractivity contribution in [1.82, 2.24) is 24.5 Å². The first-order valence-corrected chi connectivity index (χ1v) is 12.3. The molecule has 2 aromatic heterocycles.